The van der Waals surface area contributed by atoms with Gasteiger partial charge in [0.25, 0.3) is 0 Å². The van der Waals surface area contributed by atoms with Crippen LogP contribution in [0.5, 0.6) is 0 Å². The topological polar surface area (TPSA) is 12.9 Å². The Hall–Kier alpha value is -1.18. The van der Waals surface area contributed by atoms with Gasteiger partial charge in [-0.25, -0.2) is 0 Å². The van der Waals surface area contributed by atoms with Gasteiger partial charge in [-0.05, 0) is 28.6 Å². The summed E-state index contributed by atoms with van der Waals surface area (Å²) in [6.45, 7) is 6.92. The molecule has 0 bridgehead atoms. The number of hydrogen-bond acceptors (Lipinski definition) is 1. The van der Waals surface area contributed by atoms with Gasteiger partial charge in [-0.3, -0.25) is 4.98 Å². The van der Waals surface area contributed by atoms with Crippen molar-refractivity contribution in [2.45, 2.75) is 32.6 Å². The first kappa shape index (κ1) is 19.2. The first-order chi connectivity index (χ1) is 11.0. The summed E-state index contributed by atoms with van der Waals surface area (Å²) in [5.74, 6) is 0. The highest BCUT2D eigenvalue weighted by atomic mass is 14.7. The zero-order valence-electron chi connectivity index (χ0n) is 17.2. The predicted octanol–water partition coefficient (Wildman–Crippen LogP) is -7.75. The minimum Gasteiger partial charge on any atom is -0.264 e. The molecule has 1 aromatic carbocycles. The lowest BCUT2D eigenvalue weighted by atomic mass is 9.62. The first-order valence-corrected chi connectivity index (χ1v) is 9.09. The van der Waals surface area contributed by atoms with E-state index in [4.69, 9.17) is 4.98 Å². The van der Waals surface area contributed by atoms with E-state index >= 15 is 0 Å². The van der Waals surface area contributed by atoms with Gasteiger partial charge in [0.15, 0.2) is 7.85 Å². The Kier molecular flexibility index (Phi) is 5.28. The number of benzene rings is 1. The molecule has 0 amide bonds. The van der Waals surface area contributed by atoms with Crippen LogP contribution in [0.3, 0.4) is 0 Å². The largest absolute Gasteiger partial charge is 0.264 e. The van der Waals surface area contributed by atoms with E-state index in [9.17, 15) is 0 Å². The van der Waals surface area contributed by atoms with Crippen LogP contribution in [0.15, 0.2) is 6.07 Å². The van der Waals surface area contributed by atoms with Crippen molar-refractivity contribution in [1.82, 2.24) is 4.98 Å². The van der Waals surface area contributed by atoms with Crippen molar-refractivity contribution in [3.8, 4) is 11.3 Å². The van der Waals surface area contributed by atoms with E-state index < -0.39 is 0 Å². The minimum atomic E-state index is 0.165. The summed E-state index contributed by atoms with van der Waals surface area (Å²) < 4.78 is 0. The molecule has 0 atom stereocenters. The number of hydrogen-bond donors (Lipinski definition) is 0. The van der Waals surface area contributed by atoms with Gasteiger partial charge < -0.3 is 0 Å². The fraction of sp³-hybridized carbons (Fsp3) is 0.312. The standard InChI is InChI=1S/C16H26B7N/c1-4-16(2,3)8-11(20)13(22)14(24-15(8)23)6-5-7(17)10(19)12(21)9(6)18/h5H,4,17-23H2,1-3H3. The quantitative estimate of drug-likeness (QED) is 0.514. The van der Waals surface area contributed by atoms with Crippen molar-refractivity contribution in [3.63, 3.8) is 0 Å². The second-order valence-electron chi connectivity index (χ2n) is 8.02. The van der Waals surface area contributed by atoms with Crippen LogP contribution in [-0.4, -0.2) is 59.9 Å². The van der Waals surface area contributed by atoms with Crippen LogP contribution in [-0.2, 0) is 5.41 Å². The van der Waals surface area contributed by atoms with Crippen molar-refractivity contribution in [2.24, 2.45) is 0 Å². The summed E-state index contributed by atoms with van der Waals surface area (Å²) in [5, 5.41) is 0. The second kappa shape index (κ2) is 6.62. The molecule has 116 valence electrons. The van der Waals surface area contributed by atoms with Gasteiger partial charge in [-0.2, -0.15) is 0 Å². The Labute approximate surface area is 154 Å². The third-order valence-electron chi connectivity index (χ3n) is 6.23. The molecule has 1 aromatic heterocycles. The van der Waals surface area contributed by atoms with E-state index in [-0.39, 0.29) is 5.41 Å². The highest BCUT2D eigenvalue weighted by Crippen LogP contribution is 2.23. The Morgan fingerprint density at radius 1 is 0.833 bits per heavy atom. The third-order valence-corrected chi connectivity index (χ3v) is 6.23. The van der Waals surface area contributed by atoms with Crippen molar-refractivity contribution < 1.29 is 0 Å². The molecular weight excluding hydrogens is 282 g/mol. The molecule has 0 N–H and O–H groups in total. The lowest BCUT2D eigenvalue weighted by molar-refractivity contribution is 0.511. The fourth-order valence-corrected chi connectivity index (χ4v) is 3.84. The van der Waals surface area contributed by atoms with Crippen LogP contribution in [0.2, 0.25) is 0 Å². The van der Waals surface area contributed by atoms with E-state index in [0.717, 1.165) is 12.1 Å². The van der Waals surface area contributed by atoms with E-state index in [1.807, 2.05) is 0 Å². The number of rotatable bonds is 3. The molecule has 2 aromatic rings. The molecule has 0 unspecified atom stereocenters. The van der Waals surface area contributed by atoms with Gasteiger partial charge in [0.2, 0.25) is 0 Å². The van der Waals surface area contributed by atoms with E-state index in [0.29, 0.717) is 0 Å². The monoisotopic (exact) mass is 309 g/mol. The molecular formula is C16H26B7N. The van der Waals surface area contributed by atoms with Crippen molar-refractivity contribution in [3.05, 3.63) is 11.6 Å². The molecule has 0 saturated heterocycles. The number of aromatic nitrogens is 1. The summed E-state index contributed by atoms with van der Waals surface area (Å²) in [7, 11) is 15.5. The molecule has 2 rings (SSSR count). The average molecular weight is 308 g/mol. The van der Waals surface area contributed by atoms with Gasteiger partial charge >= 0.3 is 0 Å². The highest BCUT2D eigenvalue weighted by Gasteiger charge is 2.25. The van der Waals surface area contributed by atoms with E-state index in [1.165, 1.54) is 49.5 Å². The lowest BCUT2D eigenvalue weighted by Crippen LogP contribution is -2.49. The van der Waals surface area contributed by atoms with Gasteiger partial charge in [0.1, 0.15) is 47.1 Å². The Morgan fingerprint density at radius 3 is 1.96 bits per heavy atom. The highest BCUT2D eigenvalue weighted by molar-refractivity contribution is 6.64. The molecule has 0 aliphatic heterocycles. The molecule has 0 spiro atoms. The van der Waals surface area contributed by atoms with Crippen LogP contribution >= 0.6 is 0 Å². The molecule has 8 heteroatoms. The Balaban J connectivity index is 2.81. The summed E-state index contributed by atoms with van der Waals surface area (Å²) in [6.07, 6.45) is 1.12. The van der Waals surface area contributed by atoms with Gasteiger partial charge in [-0.15, -0.1) is 10.9 Å². The molecule has 0 saturated carbocycles. The summed E-state index contributed by atoms with van der Waals surface area (Å²) >= 11 is 0. The average Bonchev–Trinajstić information content (AvgIpc) is 2.52. The SMILES string of the molecule is Bc1cc(-c2nc(B)c(C(C)(C)CC)c(B)c2B)c(B)c(B)c1B. The minimum absolute atomic E-state index is 0.165. The summed E-state index contributed by atoms with van der Waals surface area (Å²) in [5.41, 5.74) is 13.4. The maximum absolute atomic E-state index is 5.09. The maximum Gasteiger partial charge on any atom is 0.164 e. The Bertz CT molecular complexity index is 815. The molecule has 1 nitrogen and oxygen atoms in total. The smallest absolute Gasteiger partial charge is 0.164 e. The predicted molar refractivity (Wildman–Crippen MR) is 130 cm³/mol. The maximum atomic E-state index is 5.09. The van der Waals surface area contributed by atoms with Crippen molar-refractivity contribution in [2.75, 3.05) is 0 Å². The number of pyridine rings is 1. The van der Waals surface area contributed by atoms with Crippen LogP contribution < -0.4 is 38.4 Å². The summed E-state index contributed by atoms with van der Waals surface area (Å²) in [6, 6.07) is 2.32. The van der Waals surface area contributed by atoms with Gasteiger partial charge in [-0.1, -0.05) is 48.7 Å². The van der Waals surface area contributed by atoms with Gasteiger partial charge in [0, 0.05) is 0 Å². The van der Waals surface area contributed by atoms with Crippen LogP contribution in [0, 0.1) is 0 Å². The van der Waals surface area contributed by atoms with Crippen LogP contribution in [0.25, 0.3) is 11.3 Å². The molecule has 0 radical (unpaired) electrons. The normalized spacial score (nSPS) is 11.6. The fourth-order valence-electron chi connectivity index (χ4n) is 3.84. The van der Waals surface area contributed by atoms with Gasteiger partial charge in [0.05, 0.1) is 5.69 Å². The van der Waals surface area contributed by atoms with Crippen molar-refractivity contribution >= 4 is 93.3 Å². The number of nitrogens with zero attached hydrogens (tertiary/aromatic N) is 1. The van der Waals surface area contributed by atoms with Crippen LogP contribution in [0.4, 0.5) is 0 Å². The summed E-state index contributed by atoms with van der Waals surface area (Å²) in [4.78, 5) is 5.09. The first-order valence-electron chi connectivity index (χ1n) is 9.09. The molecule has 24 heavy (non-hydrogen) atoms. The van der Waals surface area contributed by atoms with E-state index in [2.05, 4.69) is 81.8 Å². The second-order valence-corrected chi connectivity index (χ2v) is 8.02. The lowest BCUT2D eigenvalue weighted by Gasteiger charge is -2.30. The van der Waals surface area contributed by atoms with E-state index in [1.54, 1.807) is 0 Å². The molecule has 0 aliphatic rings. The zero-order valence-corrected chi connectivity index (χ0v) is 17.2. The van der Waals surface area contributed by atoms with Crippen LogP contribution in [0.1, 0.15) is 32.8 Å². The molecule has 1 heterocycles. The zero-order chi connectivity index (χ0) is 18.4. The molecule has 0 aliphatic carbocycles. The third kappa shape index (κ3) is 3.05. The van der Waals surface area contributed by atoms with Crippen molar-refractivity contribution in [1.29, 1.82) is 0 Å². The Morgan fingerprint density at radius 2 is 1.42 bits per heavy atom. The molecule has 0 fully saturated rings.